The van der Waals surface area contributed by atoms with E-state index in [1.165, 1.54) is 0 Å². The third kappa shape index (κ3) is 4.76. The minimum atomic E-state index is -0.0449. The highest BCUT2D eigenvalue weighted by Crippen LogP contribution is 2.21. The van der Waals surface area contributed by atoms with Crippen LogP contribution < -0.4 is 15.1 Å². The van der Waals surface area contributed by atoms with Crippen molar-refractivity contribution in [2.24, 2.45) is 0 Å². The lowest BCUT2D eigenvalue weighted by atomic mass is 10.1. The molecule has 3 heterocycles. The number of hydrogen-bond donors (Lipinski definition) is 1. The molecule has 29 heavy (non-hydrogen) atoms. The monoisotopic (exact) mass is 396 g/mol. The highest BCUT2D eigenvalue weighted by atomic mass is 16.5. The smallest absolute Gasteiger partial charge is 0.321 e. The Hall–Kier alpha value is -2.87. The first-order chi connectivity index (χ1) is 14.1. The molecule has 4 rings (SSSR count). The molecule has 0 atom stereocenters. The number of rotatable bonds is 3. The summed E-state index contributed by atoms with van der Waals surface area (Å²) in [5.41, 5.74) is 4.19. The second-order valence-corrected chi connectivity index (χ2v) is 7.65. The largest absolute Gasteiger partial charge is 0.378 e. The van der Waals surface area contributed by atoms with Gasteiger partial charge in [-0.1, -0.05) is 6.07 Å². The Kier molecular flexibility index (Phi) is 5.80. The second kappa shape index (κ2) is 8.65. The predicted octanol–water partition coefficient (Wildman–Crippen LogP) is 2.28. The first-order valence-corrected chi connectivity index (χ1v) is 10.1. The van der Waals surface area contributed by atoms with Crippen LogP contribution in [0.15, 0.2) is 30.5 Å². The number of piperazine rings is 1. The number of nitrogens with zero attached hydrogens (tertiary/aromatic N) is 5. The summed E-state index contributed by atoms with van der Waals surface area (Å²) >= 11 is 0. The summed E-state index contributed by atoms with van der Waals surface area (Å²) < 4.78 is 5.41. The van der Waals surface area contributed by atoms with E-state index < -0.39 is 0 Å². The van der Waals surface area contributed by atoms with Crippen LogP contribution in [0.4, 0.5) is 22.0 Å². The van der Waals surface area contributed by atoms with Crippen LogP contribution in [0, 0.1) is 13.8 Å². The van der Waals surface area contributed by atoms with Crippen LogP contribution in [-0.4, -0.2) is 73.6 Å². The molecular weight excluding hydrogens is 368 g/mol. The first-order valence-electron chi connectivity index (χ1n) is 10.1. The maximum atomic E-state index is 12.6. The fourth-order valence-electron chi connectivity index (χ4n) is 3.88. The molecule has 0 radical (unpaired) electrons. The fraction of sp³-hybridized carbons (Fsp3) is 0.476. The Balaban J connectivity index is 1.35. The van der Waals surface area contributed by atoms with Gasteiger partial charge in [0.2, 0.25) is 0 Å². The van der Waals surface area contributed by atoms with Gasteiger partial charge in [0.15, 0.2) is 5.82 Å². The molecule has 8 heteroatoms. The van der Waals surface area contributed by atoms with E-state index in [0.717, 1.165) is 67.7 Å². The van der Waals surface area contributed by atoms with Gasteiger partial charge in [-0.3, -0.25) is 0 Å². The number of hydrogen-bond acceptors (Lipinski definition) is 6. The number of urea groups is 1. The van der Waals surface area contributed by atoms with E-state index in [1.807, 2.05) is 30.9 Å². The lowest BCUT2D eigenvalue weighted by Crippen LogP contribution is -2.50. The van der Waals surface area contributed by atoms with Crippen molar-refractivity contribution in [3.63, 3.8) is 0 Å². The number of morpholine rings is 1. The van der Waals surface area contributed by atoms with Crippen molar-refractivity contribution >= 4 is 23.2 Å². The molecule has 0 spiro atoms. The molecule has 2 aromatic rings. The highest BCUT2D eigenvalue weighted by Gasteiger charge is 2.23. The van der Waals surface area contributed by atoms with Gasteiger partial charge in [0.1, 0.15) is 0 Å². The van der Waals surface area contributed by atoms with E-state index in [0.29, 0.717) is 13.1 Å². The van der Waals surface area contributed by atoms with Crippen LogP contribution in [-0.2, 0) is 4.74 Å². The molecule has 0 unspecified atom stereocenters. The molecule has 2 aliphatic heterocycles. The summed E-state index contributed by atoms with van der Waals surface area (Å²) in [6.07, 6.45) is 1.80. The van der Waals surface area contributed by atoms with E-state index in [-0.39, 0.29) is 6.03 Å². The van der Waals surface area contributed by atoms with Gasteiger partial charge in [-0.15, -0.1) is 5.10 Å². The molecule has 2 fully saturated rings. The van der Waals surface area contributed by atoms with Crippen molar-refractivity contribution in [1.82, 2.24) is 15.1 Å². The second-order valence-electron chi connectivity index (χ2n) is 7.65. The third-order valence-corrected chi connectivity index (χ3v) is 5.37. The molecular formula is C21H28N6O2. The van der Waals surface area contributed by atoms with E-state index in [2.05, 4.69) is 37.4 Å². The number of ether oxygens (including phenoxy) is 1. The molecule has 0 saturated carbocycles. The van der Waals surface area contributed by atoms with E-state index >= 15 is 0 Å². The number of carbonyl (C=O) groups excluding carboxylic acids is 1. The van der Waals surface area contributed by atoms with Crippen molar-refractivity contribution < 1.29 is 9.53 Å². The molecule has 8 nitrogen and oxygen atoms in total. The number of nitrogens with one attached hydrogen (secondary N) is 1. The number of benzene rings is 1. The zero-order valence-electron chi connectivity index (χ0n) is 17.1. The Morgan fingerprint density at radius 2 is 1.62 bits per heavy atom. The lowest BCUT2D eigenvalue weighted by Gasteiger charge is -2.36. The summed E-state index contributed by atoms with van der Waals surface area (Å²) in [5.74, 6) is 0.890. The number of carbonyl (C=O) groups is 1. The van der Waals surface area contributed by atoms with Gasteiger partial charge < -0.3 is 24.8 Å². The standard InChI is InChI=1S/C21H28N6O2/c1-16-11-17(2)13-18(12-16)23-21(28)27-5-3-25(4-6-27)19-14-20(24-22-15-19)26-7-9-29-10-8-26/h11-15H,3-10H2,1-2H3,(H,23,28). The van der Waals surface area contributed by atoms with Gasteiger partial charge in [-0.05, 0) is 37.1 Å². The van der Waals surface area contributed by atoms with Gasteiger partial charge in [0.05, 0.1) is 25.1 Å². The quantitative estimate of drug-likeness (QED) is 0.858. The summed E-state index contributed by atoms with van der Waals surface area (Å²) in [7, 11) is 0. The highest BCUT2D eigenvalue weighted by molar-refractivity contribution is 5.89. The SMILES string of the molecule is Cc1cc(C)cc(NC(=O)N2CCN(c3cnnc(N4CCOCC4)c3)CC2)c1. The molecule has 0 bridgehead atoms. The lowest BCUT2D eigenvalue weighted by molar-refractivity contribution is 0.122. The molecule has 154 valence electrons. The van der Waals surface area contributed by atoms with Crippen LogP contribution in [0.5, 0.6) is 0 Å². The molecule has 2 amide bonds. The molecule has 2 saturated heterocycles. The number of amides is 2. The van der Waals surface area contributed by atoms with Gasteiger partial charge in [0, 0.05) is 51.0 Å². The molecule has 2 aliphatic rings. The van der Waals surface area contributed by atoms with Gasteiger partial charge in [-0.25, -0.2) is 4.79 Å². The minimum absolute atomic E-state index is 0.0449. The normalized spacial score (nSPS) is 17.4. The number of anilines is 3. The average Bonchev–Trinajstić information content (AvgIpc) is 2.74. The topological polar surface area (TPSA) is 73.8 Å². The zero-order valence-corrected chi connectivity index (χ0v) is 17.1. The molecule has 1 N–H and O–H groups in total. The molecule has 1 aromatic heterocycles. The average molecular weight is 396 g/mol. The first kappa shape index (κ1) is 19.4. The van der Waals surface area contributed by atoms with Gasteiger partial charge in [-0.2, -0.15) is 5.10 Å². The van der Waals surface area contributed by atoms with E-state index in [1.54, 1.807) is 6.20 Å². The Morgan fingerprint density at radius 3 is 2.31 bits per heavy atom. The molecule has 1 aromatic carbocycles. The number of aromatic nitrogens is 2. The van der Waals surface area contributed by atoms with Crippen LogP contribution in [0.1, 0.15) is 11.1 Å². The Bertz CT molecular complexity index is 840. The summed E-state index contributed by atoms with van der Waals surface area (Å²) in [6.45, 7) is 10.1. The zero-order chi connectivity index (χ0) is 20.2. The van der Waals surface area contributed by atoms with Crippen LogP contribution in [0.2, 0.25) is 0 Å². The van der Waals surface area contributed by atoms with Crippen LogP contribution >= 0.6 is 0 Å². The Labute approximate surface area is 171 Å². The number of aryl methyl sites for hydroxylation is 2. The summed E-state index contributed by atoms with van der Waals surface area (Å²) in [6, 6.07) is 8.14. The van der Waals surface area contributed by atoms with Crippen molar-refractivity contribution in [2.75, 3.05) is 67.6 Å². The molecule has 0 aliphatic carbocycles. The van der Waals surface area contributed by atoms with E-state index in [4.69, 9.17) is 4.74 Å². The van der Waals surface area contributed by atoms with Crippen LogP contribution in [0.3, 0.4) is 0 Å². The van der Waals surface area contributed by atoms with Crippen LogP contribution in [0.25, 0.3) is 0 Å². The maximum absolute atomic E-state index is 12.6. The third-order valence-electron chi connectivity index (χ3n) is 5.37. The van der Waals surface area contributed by atoms with Crippen molar-refractivity contribution in [1.29, 1.82) is 0 Å². The van der Waals surface area contributed by atoms with Crippen molar-refractivity contribution in [3.8, 4) is 0 Å². The van der Waals surface area contributed by atoms with Crippen molar-refractivity contribution in [2.45, 2.75) is 13.8 Å². The Morgan fingerprint density at radius 1 is 0.931 bits per heavy atom. The fourth-order valence-corrected chi connectivity index (χ4v) is 3.88. The van der Waals surface area contributed by atoms with Crippen molar-refractivity contribution in [3.05, 3.63) is 41.6 Å². The van der Waals surface area contributed by atoms with Gasteiger partial charge in [0.25, 0.3) is 0 Å². The maximum Gasteiger partial charge on any atom is 0.321 e. The summed E-state index contributed by atoms with van der Waals surface area (Å²) in [4.78, 5) is 19.0. The predicted molar refractivity (Wildman–Crippen MR) is 114 cm³/mol. The minimum Gasteiger partial charge on any atom is -0.378 e. The van der Waals surface area contributed by atoms with E-state index in [9.17, 15) is 4.79 Å². The van der Waals surface area contributed by atoms with Gasteiger partial charge >= 0.3 is 6.03 Å². The summed E-state index contributed by atoms with van der Waals surface area (Å²) in [5, 5.41) is 11.5.